The summed E-state index contributed by atoms with van der Waals surface area (Å²) in [7, 11) is 0. The van der Waals surface area contributed by atoms with Crippen molar-refractivity contribution in [1.82, 2.24) is 10.2 Å². The molecule has 2 aromatic rings. The number of benzene rings is 2. The highest BCUT2D eigenvalue weighted by atomic mass is 16.5. The summed E-state index contributed by atoms with van der Waals surface area (Å²) in [6, 6.07) is 18.8. The molecule has 1 N–H and O–H groups in total. The normalized spacial score (nSPS) is 22.2. The summed E-state index contributed by atoms with van der Waals surface area (Å²) in [4.78, 5) is 30.8. The lowest BCUT2D eigenvalue weighted by molar-refractivity contribution is -0.154. The minimum atomic E-state index is -0.473. The van der Waals surface area contributed by atoms with Crippen molar-refractivity contribution in [3.8, 4) is 0 Å². The second-order valence-electron chi connectivity index (χ2n) is 12.0. The van der Waals surface area contributed by atoms with Crippen LogP contribution in [-0.2, 0) is 20.7 Å². The number of rotatable bonds is 12. The van der Waals surface area contributed by atoms with E-state index in [0.717, 1.165) is 63.8 Å². The van der Waals surface area contributed by atoms with E-state index in [2.05, 4.69) is 58.4 Å². The number of fused-ring (bicyclic) bond motifs is 1. The van der Waals surface area contributed by atoms with E-state index in [9.17, 15) is 9.59 Å². The molecule has 6 nitrogen and oxygen atoms in total. The van der Waals surface area contributed by atoms with E-state index in [0.29, 0.717) is 13.1 Å². The summed E-state index contributed by atoms with van der Waals surface area (Å²) in [5, 5.41) is 3.11. The predicted octanol–water partition coefficient (Wildman–Crippen LogP) is 6.40. The SMILES string of the molecule is CCCCCCCCCC(=O)OC1c2ccccc2CCC1CN1CCC2(CC1)C(=O)NCN2c1ccccc1. The van der Waals surface area contributed by atoms with Crippen LogP contribution in [0.4, 0.5) is 5.69 Å². The maximum atomic E-state index is 13.1. The van der Waals surface area contributed by atoms with Gasteiger partial charge in [-0.05, 0) is 55.4 Å². The van der Waals surface area contributed by atoms with Gasteiger partial charge in [0.2, 0.25) is 5.91 Å². The van der Waals surface area contributed by atoms with Crippen LogP contribution in [-0.4, -0.2) is 48.6 Å². The summed E-state index contributed by atoms with van der Waals surface area (Å²) in [6.45, 7) is 5.44. The van der Waals surface area contributed by atoms with Gasteiger partial charge in [0.25, 0.3) is 0 Å². The molecular weight excluding hydrogens is 498 g/mol. The Kier molecular flexibility index (Phi) is 9.79. The second kappa shape index (κ2) is 13.7. The summed E-state index contributed by atoms with van der Waals surface area (Å²) >= 11 is 0. The van der Waals surface area contributed by atoms with Gasteiger partial charge in [-0.3, -0.25) is 9.59 Å². The van der Waals surface area contributed by atoms with Gasteiger partial charge in [-0.1, -0.05) is 87.9 Å². The number of piperidine rings is 1. The Bertz CT molecular complexity index is 1110. The molecule has 2 aromatic carbocycles. The minimum Gasteiger partial charge on any atom is -0.457 e. The zero-order valence-electron chi connectivity index (χ0n) is 24.3. The molecule has 0 radical (unpaired) electrons. The van der Waals surface area contributed by atoms with E-state index < -0.39 is 5.54 Å². The number of esters is 1. The third-order valence-electron chi connectivity index (χ3n) is 9.40. The van der Waals surface area contributed by atoms with Gasteiger partial charge in [-0.15, -0.1) is 0 Å². The molecule has 0 saturated carbocycles. The third kappa shape index (κ3) is 6.54. The topological polar surface area (TPSA) is 61.9 Å². The zero-order chi connectivity index (χ0) is 27.8. The van der Waals surface area contributed by atoms with Crippen LogP contribution in [0.3, 0.4) is 0 Å². The van der Waals surface area contributed by atoms with Gasteiger partial charge in [0.1, 0.15) is 11.6 Å². The summed E-state index contributed by atoms with van der Waals surface area (Å²) < 4.78 is 6.26. The number of para-hydroxylation sites is 1. The van der Waals surface area contributed by atoms with Crippen molar-refractivity contribution in [3.63, 3.8) is 0 Å². The standard InChI is InChI=1S/C34H47N3O3/c1-2-3-4-5-6-7-11-18-31(38)40-32-28(20-19-27-14-12-13-17-30(27)32)25-36-23-21-34(22-24-36)33(39)35-26-37(34)29-15-9-8-10-16-29/h8-10,12-17,28,32H,2-7,11,18-26H2,1H3,(H,35,39). The highest BCUT2D eigenvalue weighted by Gasteiger charge is 2.50. The van der Waals surface area contributed by atoms with Gasteiger partial charge in [0, 0.05) is 37.7 Å². The van der Waals surface area contributed by atoms with Gasteiger partial charge in [-0.2, -0.15) is 0 Å². The van der Waals surface area contributed by atoms with Crippen LogP contribution in [0.15, 0.2) is 54.6 Å². The first kappa shape index (κ1) is 28.7. The number of hydrogen-bond donors (Lipinski definition) is 1. The number of carbonyl (C=O) groups is 2. The fraction of sp³-hybridized carbons (Fsp3) is 0.588. The first-order chi connectivity index (χ1) is 19.6. The maximum Gasteiger partial charge on any atom is 0.306 e. The van der Waals surface area contributed by atoms with E-state index in [1.54, 1.807) is 0 Å². The molecule has 216 valence electrons. The number of aryl methyl sites for hydroxylation is 1. The number of likely N-dealkylation sites (tertiary alicyclic amines) is 1. The molecule has 5 rings (SSSR count). The molecule has 2 aliphatic heterocycles. The van der Waals surface area contributed by atoms with Crippen molar-refractivity contribution < 1.29 is 14.3 Å². The Morgan fingerprint density at radius 1 is 0.950 bits per heavy atom. The third-order valence-corrected chi connectivity index (χ3v) is 9.40. The van der Waals surface area contributed by atoms with E-state index in [1.165, 1.54) is 43.2 Å². The highest BCUT2D eigenvalue weighted by molar-refractivity contribution is 5.93. The summed E-state index contributed by atoms with van der Waals surface area (Å²) in [5.41, 5.74) is 3.13. The number of unbranched alkanes of at least 4 members (excludes halogenated alkanes) is 6. The molecule has 6 heteroatoms. The van der Waals surface area contributed by atoms with E-state index in [-0.39, 0.29) is 23.9 Å². The monoisotopic (exact) mass is 545 g/mol. The molecule has 0 bridgehead atoms. The quantitative estimate of drug-likeness (QED) is 0.247. The number of hydrogen-bond acceptors (Lipinski definition) is 5. The van der Waals surface area contributed by atoms with Crippen molar-refractivity contribution in [2.24, 2.45) is 5.92 Å². The van der Waals surface area contributed by atoms with Crippen molar-refractivity contribution in [2.45, 2.75) is 95.6 Å². The largest absolute Gasteiger partial charge is 0.457 e. The van der Waals surface area contributed by atoms with Crippen LogP contribution in [0, 0.1) is 5.92 Å². The van der Waals surface area contributed by atoms with Crippen LogP contribution < -0.4 is 10.2 Å². The molecule has 2 saturated heterocycles. The smallest absolute Gasteiger partial charge is 0.306 e. The van der Waals surface area contributed by atoms with Gasteiger partial charge in [0.05, 0.1) is 6.67 Å². The Morgan fingerprint density at radius 3 is 2.42 bits per heavy atom. The van der Waals surface area contributed by atoms with E-state index in [1.807, 2.05) is 18.2 Å². The molecule has 0 aromatic heterocycles. The lowest BCUT2D eigenvalue weighted by atomic mass is 9.80. The summed E-state index contributed by atoms with van der Waals surface area (Å²) in [6.07, 6.45) is 12.3. The van der Waals surface area contributed by atoms with Crippen molar-refractivity contribution in [1.29, 1.82) is 0 Å². The molecule has 1 aliphatic carbocycles. The molecule has 1 amide bonds. The van der Waals surface area contributed by atoms with E-state index in [4.69, 9.17) is 4.74 Å². The number of anilines is 1. The lowest BCUT2D eigenvalue weighted by Crippen LogP contribution is -2.57. The Labute approximate surface area is 240 Å². The number of carbonyl (C=O) groups excluding carboxylic acids is 2. The van der Waals surface area contributed by atoms with Crippen molar-refractivity contribution in [2.75, 3.05) is 31.2 Å². The maximum absolute atomic E-state index is 13.1. The fourth-order valence-electron chi connectivity index (χ4n) is 7.03. The van der Waals surface area contributed by atoms with Crippen LogP contribution in [0.25, 0.3) is 0 Å². The molecule has 2 heterocycles. The molecule has 2 atom stereocenters. The average molecular weight is 546 g/mol. The molecule has 3 aliphatic rings. The number of nitrogens with zero attached hydrogens (tertiary/aromatic N) is 2. The Balaban J connectivity index is 1.18. The second-order valence-corrected chi connectivity index (χ2v) is 12.0. The number of nitrogens with one attached hydrogen (secondary N) is 1. The predicted molar refractivity (Wildman–Crippen MR) is 160 cm³/mol. The first-order valence-corrected chi connectivity index (χ1v) is 15.7. The van der Waals surface area contributed by atoms with Crippen LogP contribution in [0.1, 0.15) is 94.8 Å². The molecular formula is C34H47N3O3. The van der Waals surface area contributed by atoms with Crippen LogP contribution in [0.2, 0.25) is 0 Å². The number of amides is 1. The van der Waals surface area contributed by atoms with Crippen molar-refractivity contribution >= 4 is 17.6 Å². The highest BCUT2D eigenvalue weighted by Crippen LogP contribution is 2.40. The molecule has 2 unspecified atom stereocenters. The zero-order valence-corrected chi connectivity index (χ0v) is 24.3. The van der Waals surface area contributed by atoms with Gasteiger partial charge >= 0.3 is 5.97 Å². The molecule has 1 spiro atoms. The fourth-order valence-corrected chi connectivity index (χ4v) is 7.03. The average Bonchev–Trinajstić information content (AvgIpc) is 3.30. The van der Waals surface area contributed by atoms with E-state index >= 15 is 0 Å². The van der Waals surface area contributed by atoms with Gasteiger partial charge in [0.15, 0.2) is 0 Å². The first-order valence-electron chi connectivity index (χ1n) is 15.7. The van der Waals surface area contributed by atoms with Crippen molar-refractivity contribution in [3.05, 3.63) is 65.7 Å². The van der Waals surface area contributed by atoms with Crippen LogP contribution in [0.5, 0.6) is 0 Å². The number of ether oxygens (including phenoxy) is 1. The van der Waals surface area contributed by atoms with Gasteiger partial charge in [-0.25, -0.2) is 0 Å². The lowest BCUT2D eigenvalue weighted by Gasteiger charge is -2.45. The van der Waals surface area contributed by atoms with Crippen LogP contribution >= 0.6 is 0 Å². The van der Waals surface area contributed by atoms with Gasteiger partial charge < -0.3 is 19.9 Å². The Hall–Kier alpha value is -2.86. The summed E-state index contributed by atoms with van der Waals surface area (Å²) in [5.74, 6) is 0.364. The molecule has 2 fully saturated rings. The minimum absolute atomic E-state index is 0.0565. The molecule has 40 heavy (non-hydrogen) atoms. The Morgan fingerprint density at radius 2 is 1.65 bits per heavy atom.